The second-order valence-corrected chi connectivity index (χ2v) is 3.81. The van der Waals surface area contributed by atoms with Crippen molar-refractivity contribution in [3.63, 3.8) is 0 Å². The lowest BCUT2D eigenvalue weighted by atomic mass is 10.3. The minimum atomic E-state index is -4.72. The Hall–Kier alpha value is -2.38. The van der Waals surface area contributed by atoms with Gasteiger partial charge >= 0.3 is 6.36 Å². The van der Waals surface area contributed by atoms with Gasteiger partial charge in [0, 0.05) is 25.0 Å². The van der Waals surface area contributed by atoms with E-state index in [2.05, 4.69) is 15.2 Å². The molecule has 0 saturated carbocycles. The smallest absolute Gasteiger partial charge is 0.406 e. The molecule has 0 fully saturated rings. The molecular weight excluding hydrogens is 261 g/mol. The van der Waals surface area contributed by atoms with Crippen LogP contribution in [0.3, 0.4) is 0 Å². The van der Waals surface area contributed by atoms with Gasteiger partial charge in [0.25, 0.3) is 0 Å². The molecule has 1 heterocycles. The van der Waals surface area contributed by atoms with Crippen molar-refractivity contribution in [2.24, 2.45) is 7.05 Å². The molecular formula is C11H11F3N4O. The molecule has 0 radical (unpaired) electrons. The number of nitrogens with zero attached hydrogens (tertiary/aromatic N) is 2. The monoisotopic (exact) mass is 272 g/mol. The van der Waals surface area contributed by atoms with Gasteiger partial charge in [0.2, 0.25) is 0 Å². The Bertz CT molecular complexity index is 580. The van der Waals surface area contributed by atoms with E-state index in [-0.39, 0.29) is 5.75 Å². The van der Waals surface area contributed by atoms with Gasteiger partial charge in [-0.1, -0.05) is 6.07 Å². The van der Waals surface area contributed by atoms with Crippen molar-refractivity contribution >= 4 is 17.2 Å². The fraction of sp³-hybridized carbons (Fsp3) is 0.182. The van der Waals surface area contributed by atoms with E-state index in [1.165, 1.54) is 22.9 Å². The van der Waals surface area contributed by atoms with Crippen molar-refractivity contribution in [2.45, 2.75) is 6.36 Å². The van der Waals surface area contributed by atoms with E-state index in [0.717, 1.165) is 0 Å². The third kappa shape index (κ3) is 3.54. The number of alkyl halides is 3. The number of ether oxygens (including phenoxy) is 1. The van der Waals surface area contributed by atoms with Gasteiger partial charge in [0.1, 0.15) is 5.75 Å². The van der Waals surface area contributed by atoms with Crippen LogP contribution in [0.15, 0.2) is 30.5 Å². The van der Waals surface area contributed by atoms with Crippen LogP contribution in [0.2, 0.25) is 0 Å². The molecule has 0 aliphatic heterocycles. The Balaban J connectivity index is 2.17. The van der Waals surface area contributed by atoms with Crippen LogP contribution >= 0.6 is 0 Å². The highest BCUT2D eigenvalue weighted by molar-refractivity contribution is 5.68. The van der Waals surface area contributed by atoms with Crippen LogP contribution in [0.1, 0.15) is 0 Å². The van der Waals surface area contributed by atoms with Crippen LogP contribution < -0.4 is 15.8 Å². The molecule has 1 aromatic carbocycles. The van der Waals surface area contributed by atoms with Crippen LogP contribution in [0, 0.1) is 0 Å². The average molecular weight is 272 g/mol. The normalized spacial score (nSPS) is 11.4. The summed E-state index contributed by atoms with van der Waals surface area (Å²) in [6.45, 7) is 0. The molecule has 19 heavy (non-hydrogen) atoms. The summed E-state index contributed by atoms with van der Waals surface area (Å²) in [6, 6.07) is 5.43. The Kier molecular flexibility index (Phi) is 3.24. The number of nitrogens with one attached hydrogen (secondary N) is 1. The van der Waals surface area contributed by atoms with Crippen molar-refractivity contribution < 1.29 is 17.9 Å². The Morgan fingerprint density at radius 3 is 2.68 bits per heavy atom. The van der Waals surface area contributed by atoms with Gasteiger partial charge in [-0.25, -0.2) is 0 Å². The van der Waals surface area contributed by atoms with Gasteiger partial charge in [0.15, 0.2) is 5.82 Å². The van der Waals surface area contributed by atoms with Gasteiger partial charge in [-0.15, -0.1) is 13.2 Å². The average Bonchev–Trinajstić information content (AvgIpc) is 2.55. The van der Waals surface area contributed by atoms with E-state index >= 15 is 0 Å². The van der Waals surface area contributed by atoms with Gasteiger partial charge in [-0.05, 0) is 12.1 Å². The quantitative estimate of drug-likeness (QED) is 0.901. The van der Waals surface area contributed by atoms with Gasteiger partial charge < -0.3 is 15.8 Å². The van der Waals surface area contributed by atoms with Gasteiger partial charge in [0.05, 0.1) is 5.69 Å². The van der Waals surface area contributed by atoms with Crippen LogP contribution in [0.4, 0.5) is 30.4 Å². The first-order valence-electron chi connectivity index (χ1n) is 5.25. The van der Waals surface area contributed by atoms with E-state index in [1.807, 2.05) is 0 Å². The lowest BCUT2D eigenvalue weighted by Gasteiger charge is -2.10. The van der Waals surface area contributed by atoms with E-state index < -0.39 is 6.36 Å². The highest BCUT2D eigenvalue weighted by atomic mass is 19.4. The zero-order chi connectivity index (χ0) is 14.0. The largest absolute Gasteiger partial charge is 0.573 e. The number of anilines is 3. The third-order valence-electron chi connectivity index (χ3n) is 2.19. The number of halogens is 3. The number of nitrogens with two attached hydrogens (primary N) is 1. The van der Waals surface area contributed by atoms with Crippen LogP contribution in [0.5, 0.6) is 5.75 Å². The number of aryl methyl sites for hydroxylation is 1. The van der Waals surface area contributed by atoms with Crippen molar-refractivity contribution in [3.8, 4) is 5.75 Å². The van der Waals surface area contributed by atoms with E-state index in [4.69, 9.17) is 5.73 Å². The molecule has 0 spiro atoms. The molecule has 0 atom stereocenters. The number of aromatic nitrogens is 2. The zero-order valence-corrected chi connectivity index (χ0v) is 9.90. The highest BCUT2D eigenvalue weighted by Crippen LogP contribution is 2.27. The highest BCUT2D eigenvalue weighted by Gasteiger charge is 2.31. The molecule has 0 unspecified atom stereocenters. The predicted octanol–water partition coefficient (Wildman–Crippen LogP) is 2.64. The number of hydrogen-bond acceptors (Lipinski definition) is 4. The molecule has 5 nitrogen and oxygen atoms in total. The third-order valence-corrected chi connectivity index (χ3v) is 2.19. The van der Waals surface area contributed by atoms with E-state index in [0.29, 0.717) is 17.2 Å². The van der Waals surface area contributed by atoms with Crippen LogP contribution in [0.25, 0.3) is 0 Å². The first kappa shape index (κ1) is 13.1. The Morgan fingerprint density at radius 2 is 2.11 bits per heavy atom. The second-order valence-electron chi connectivity index (χ2n) is 3.81. The molecule has 2 aromatic rings. The van der Waals surface area contributed by atoms with Crippen molar-refractivity contribution in [3.05, 3.63) is 30.5 Å². The standard InChI is InChI=1S/C11H11F3N4O/c1-18-6-9(15)10(17-18)16-7-3-2-4-8(5-7)19-11(12,13)14/h2-6H,15H2,1H3,(H,16,17). The van der Waals surface area contributed by atoms with Gasteiger partial charge in [-0.2, -0.15) is 5.10 Å². The minimum absolute atomic E-state index is 0.313. The molecule has 3 N–H and O–H groups in total. The Labute approximate surface area is 106 Å². The second kappa shape index (κ2) is 4.71. The SMILES string of the molecule is Cn1cc(N)c(Nc2cccc(OC(F)(F)F)c2)n1. The maximum atomic E-state index is 12.1. The molecule has 0 aliphatic rings. The molecule has 2 rings (SSSR count). The number of rotatable bonds is 3. The lowest BCUT2D eigenvalue weighted by Crippen LogP contribution is -2.17. The molecule has 8 heteroatoms. The summed E-state index contributed by atoms with van der Waals surface area (Å²) in [5, 5.41) is 6.84. The molecule has 1 aromatic heterocycles. The predicted molar refractivity (Wildman–Crippen MR) is 64.0 cm³/mol. The maximum Gasteiger partial charge on any atom is 0.573 e. The summed E-state index contributed by atoms with van der Waals surface area (Å²) in [5.74, 6) is 0.0543. The topological polar surface area (TPSA) is 65.1 Å². The molecule has 102 valence electrons. The maximum absolute atomic E-state index is 12.1. The molecule has 0 bridgehead atoms. The lowest BCUT2D eigenvalue weighted by molar-refractivity contribution is -0.274. The molecule has 0 amide bonds. The summed E-state index contributed by atoms with van der Waals surface area (Å²) in [4.78, 5) is 0. The number of hydrogen-bond donors (Lipinski definition) is 2. The zero-order valence-electron chi connectivity index (χ0n) is 9.90. The van der Waals surface area contributed by atoms with Crippen molar-refractivity contribution in [1.82, 2.24) is 9.78 Å². The summed E-state index contributed by atoms with van der Waals surface area (Å²) in [6.07, 6.45) is -3.14. The van der Waals surface area contributed by atoms with Crippen LogP contribution in [-0.4, -0.2) is 16.1 Å². The summed E-state index contributed by atoms with van der Waals surface area (Å²) in [7, 11) is 1.69. The Morgan fingerprint density at radius 1 is 1.37 bits per heavy atom. The summed E-state index contributed by atoms with van der Waals surface area (Å²) >= 11 is 0. The minimum Gasteiger partial charge on any atom is -0.406 e. The van der Waals surface area contributed by atoms with Crippen molar-refractivity contribution in [1.29, 1.82) is 0 Å². The van der Waals surface area contributed by atoms with E-state index in [9.17, 15) is 13.2 Å². The van der Waals surface area contributed by atoms with Crippen molar-refractivity contribution in [2.75, 3.05) is 11.1 Å². The number of nitrogen functional groups attached to an aromatic ring is 1. The molecule has 0 aliphatic carbocycles. The number of benzene rings is 1. The first-order valence-corrected chi connectivity index (χ1v) is 5.25. The summed E-state index contributed by atoms with van der Waals surface area (Å²) in [5.41, 5.74) is 6.46. The fourth-order valence-corrected chi connectivity index (χ4v) is 1.51. The van der Waals surface area contributed by atoms with Crippen LogP contribution in [-0.2, 0) is 7.05 Å². The first-order chi connectivity index (χ1) is 8.83. The molecule has 0 saturated heterocycles. The fourth-order valence-electron chi connectivity index (χ4n) is 1.51. The van der Waals surface area contributed by atoms with Gasteiger partial charge in [-0.3, -0.25) is 4.68 Å². The summed E-state index contributed by atoms with van der Waals surface area (Å²) < 4.78 is 41.6. The van der Waals surface area contributed by atoms with E-state index in [1.54, 1.807) is 19.3 Å².